The van der Waals surface area contributed by atoms with Crippen molar-refractivity contribution in [2.75, 3.05) is 11.5 Å². The van der Waals surface area contributed by atoms with Crippen molar-refractivity contribution in [1.29, 1.82) is 0 Å². The van der Waals surface area contributed by atoms with Gasteiger partial charge < -0.3 is 9.31 Å². The lowest BCUT2D eigenvalue weighted by Gasteiger charge is -2.34. The Labute approximate surface area is 104 Å². The zero-order valence-corrected chi connectivity index (χ0v) is 11.9. The van der Waals surface area contributed by atoms with Crippen LogP contribution in [0.3, 0.4) is 0 Å². The summed E-state index contributed by atoms with van der Waals surface area (Å²) in [5, 5.41) is 0.205. The molecule has 2 aliphatic rings. The highest BCUT2D eigenvalue weighted by Crippen LogP contribution is 2.50. The zero-order valence-electron chi connectivity index (χ0n) is 11.1. The Morgan fingerprint density at radius 1 is 0.875 bits per heavy atom. The Bertz CT molecular complexity index is 256. The monoisotopic (exact) mass is 242 g/mol. The average Bonchev–Trinajstić information content (AvgIpc) is 2.38. The predicted molar refractivity (Wildman–Crippen MR) is 71.0 cm³/mol. The Kier molecular flexibility index (Phi) is 3.14. The maximum absolute atomic E-state index is 6.18. The molecule has 2 fully saturated rings. The largest absolute Gasteiger partial charge is 0.464 e. The van der Waals surface area contributed by atoms with Gasteiger partial charge in [-0.2, -0.15) is 11.8 Å². The third-order valence-corrected chi connectivity index (χ3v) is 5.44. The highest BCUT2D eigenvalue weighted by molar-refractivity contribution is 7.99. The van der Waals surface area contributed by atoms with Crippen molar-refractivity contribution >= 4 is 18.9 Å². The third kappa shape index (κ3) is 2.04. The molecular formula is C12H23BO2S. The molecule has 0 N–H and O–H groups in total. The van der Waals surface area contributed by atoms with Crippen LogP contribution in [0.15, 0.2) is 0 Å². The van der Waals surface area contributed by atoms with Crippen LogP contribution in [0.1, 0.15) is 47.5 Å². The molecule has 0 aromatic rings. The second-order valence-electron chi connectivity index (χ2n) is 6.35. The summed E-state index contributed by atoms with van der Waals surface area (Å²) >= 11 is 2.04. The molecular weight excluding hydrogens is 219 g/mol. The van der Waals surface area contributed by atoms with Crippen molar-refractivity contribution in [2.45, 2.75) is 64.0 Å². The topological polar surface area (TPSA) is 18.5 Å². The van der Waals surface area contributed by atoms with Gasteiger partial charge in [0.1, 0.15) is 0 Å². The van der Waals surface area contributed by atoms with E-state index in [4.69, 9.17) is 9.31 Å². The highest BCUT2D eigenvalue weighted by Gasteiger charge is 2.57. The van der Waals surface area contributed by atoms with Crippen LogP contribution in [-0.4, -0.2) is 29.8 Å². The number of hydrogen-bond donors (Lipinski definition) is 0. The lowest BCUT2D eigenvalue weighted by Crippen LogP contribution is -2.41. The second kappa shape index (κ2) is 3.92. The van der Waals surface area contributed by atoms with Gasteiger partial charge in [0.15, 0.2) is 0 Å². The molecule has 0 aliphatic carbocycles. The molecule has 0 radical (unpaired) electrons. The molecule has 0 unspecified atom stereocenters. The van der Waals surface area contributed by atoms with Gasteiger partial charge in [0.05, 0.1) is 11.2 Å². The van der Waals surface area contributed by atoms with E-state index >= 15 is 0 Å². The summed E-state index contributed by atoms with van der Waals surface area (Å²) in [4.78, 5) is 0. The van der Waals surface area contributed by atoms with E-state index in [0.717, 1.165) is 0 Å². The van der Waals surface area contributed by atoms with Crippen LogP contribution in [0, 0.1) is 0 Å². The fraction of sp³-hybridized carbons (Fsp3) is 1.00. The second-order valence-corrected chi connectivity index (χ2v) is 7.58. The van der Waals surface area contributed by atoms with Gasteiger partial charge in [-0.3, -0.25) is 0 Å². The van der Waals surface area contributed by atoms with E-state index in [2.05, 4.69) is 34.6 Å². The first-order valence-electron chi connectivity index (χ1n) is 6.20. The summed E-state index contributed by atoms with van der Waals surface area (Å²) in [5.41, 5.74) is -0.378. The summed E-state index contributed by atoms with van der Waals surface area (Å²) in [6.07, 6.45) is 2.41. The van der Waals surface area contributed by atoms with Crippen molar-refractivity contribution < 1.29 is 9.31 Å². The Morgan fingerprint density at radius 2 is 1.31 bits per heavy atom. The van der Waals surface area contributed by atoms with Crippen molar-refractivity contribution in [2.24, 2.45) is 0 Å². The molecule has 2 saturated heterocycles. The molecule has 0 atom stereocenters. The van der Waals surface area contributed by atoms with E-state index in [0.29, 0.717) is 0 Å². The van der Waals surface area contributed by atoms with Gasteiger partial charge in [-0.05, 0) is 52.0 Å². The Balaban J connectivity index is 2.13. The summed E-state index contributed by atoms with van der Waals surface area (Å²) < 4.78 is 12.4. The lowest BCUT2D eigenvalue weighted by atomic mass is 9.55. The Morgan fingerprint density at radius 3 is 1.75 bits per heavy atom. The molecule has 0 spiro atoms. The minimum atomic E-state index is -0.189. The highest BCUT2D eigenvalue weighted by atomic mass is 32.2. The molecule has 2 heterocycles. The standard InChI is InChI=1S/C12H23BO2S/c1-10(2)11(3,4)15-13(14-10)12(5)6-8-16-9-7-12/h6-9H2,1-5H3. The van der Waals surface area contributed by atoms with Gasteiger partial charge in [0, 0.05) is 5.31 Å². The first kappa shape index (κ1) is 12.8. The summed E-state index contributed by atoms with van der Waals surface area (Å²) in [6.45, 7) is 10.8. The van der Waals surface area contributed by atoms with Gasteiger partial charge in [-0.25, -0.2) is 0 Å². The SMILES string of the molecule is CC1(B2OC(C)(C)C(C)(C)O2)CCSCC1. The van der Waals surface area contributed by atoms with Crippen LogP contribution in [0.4, 0.5) is 0 Å². The molecule has 2 nitrogen and oxygen atoms in total. The maximum atomic E-state index is 6.18. The van der Waals surface area contributed by atoms with Crippen LogP contribution in [0.5, 0.6) is 0 Å². The minimum absolute atomic E-state index is 0.0293. The molecule has 0 bridgehead atoms. The van der Waals surface area contributed by atoms with Gasteiger partial charge in [-0.15, -0.1) is 0 Å². The number of thioether (sulfide) groups is 1. The fourth-order valence-corrected chi connectivity index (χ4v) is 3.63. The fourth-order valence-electron chi connectivity index (χ4n) is 2.20. The maximum Gasteiger partial charge on any atom is 0.464 e. The molecule has 2 aliphatic heterocycles. The van der Waals surface area contributed by atoms with E-state index in [1.54, 1.807) is 0 Å². The first-order valence-corrected chi connectivity index (χ1v) is 7.36. The third-order valence-electron chi connectivity index (χ3n) is 4.46. The van der Waals surface area contributed by atoms with Crippen LogP contribution in [0.2, 0.25) is 5.31 Å². The van der Waals surface area contributed by atoms with Crippen molar-refractivity contribution in [3.63, 3.8) is 0 Å². The molecule has 92 valence electrons. The van der Waals surface area contributed by atoms with Crippen molar-refractivity contribution in [1.82, 2.24) is 0 Å². The first-order chi connectivity index (χ1) is 7.27. The summed E-state index contributed by atoms with van der Waals surface area (Å²) in [5.74, 6) is 2.47. The van der Waals surface area contributed by atoms with Gasteiger partial charge in [0.2, 0.25) is 0 Å². The summed E-state index contributed by atoms with van der Waals surface area (Å²) in [6, 6.07) is 0. The number of hydrogen-bond acceptors (Lipinski definition) is 3. The minimum Gasteiger partial charge on any atom is -0.403 e. The molecule has 0 amide bonds. The molecule has 0 aromatic carbocycles. The normalized spacial score (nSPS) is 31.7. The molecule has 0 saturated carbocycles. The smallest absolute Gasteiger partial charge is 0.403 e. The molecule has 0 aromatic heterocycles. The van der Waals surface area contributed by atoms with E-state index in [9.17, 15) is 0 Å². The van der Waals surface area contributed by atoms with Gasteiger partial charge in [0.25, 0.3) is 0 Å². The molecule has 4 heteroatoms. The zero-order chi connectivity index (χ0) is 12.0. The van der Waals surface area contributed by atoms with Crippen LogP contribution < -0.4 is 0 Å². The van der Waals surface area contributed by atoms with Crippen molar-refractivity contribution in [3.05, 3.63) is 0 Å². The van der Waals surface area contributed by atoms with Crippen LogP contribution >= 0.6 is 11.8 Å². The average molecular weight is 242 g/mol. The van der Waals surface area contributed by atoms with E-state index in [1.807, 2.05) is 11.8 Å². The van der Waals surface area contributed by atoms with E-state index in [-0.39, 0.29) is 23.6 Å². The molecule has 2 rings (SSSR count). The lowest BCUT2D eigenvalue weighted by molar-refractivity contribution is 0.00578. The van der Waals surface area contributed by atoms with Crippen LogP contribution in [0.25, 0.3) is 0 Å². The van der Waals surface area contributed by atoms with Gasteiger partial charge in [-0.1, -0.05) is 6.92 Å². The molecule has 16 heavy (non-hydrogen) atoms. The quantitative estimate of drug-likeness (QED) is 0.657. The predicted octanol–water partition coefficient (Wildman–Crippen LogP) is 3.37. The van der Waals surface area contributed by atoms with Crippen LogP contribution in [-0.2, 0) is 9.31 Å². The van der Waals surface area contributed by atoms with Gasteiger partial charge >= 0.3 is 7.12 Å². The van der Waals surface area contributed by atoms with E-state index < -0.39 is 0 Å². The number of rotatable bonds is 1. The Hall–Kier alpha value is 0.335. The summed E-state index contributed by atoms with van der Waals surface area (Å²) in [7, 11) is -0.0293. The van der Waals surface area contributed by atoms with E-state index in [1.165, 1.54) is 24.3 Å². The van der Waals surface area contributed by atoms with Crippen molar-refractivity contribution in [3.8, 4) is 0 Å².